The molecule has 5 rings (SSSR count). The lowest BCUT2D eigenvalue weighted by molar-refractivity contribution is 0.132. The average molecular weight is 488 g/mol. The van der Waals surface area contributed by atoms with Gasteiger partial charge in [0.05, 0.1) is 5.69 Å². The van der Waals surface area contributed by atoms with Crippen molar-refractivity contribution in [3.8, 4) is 22.4 Å². The number of hydrogen-bond donors (Lipinski definition) is 3. The highest BCUT2D eigenvalue weighted by atomic mass is 32.2. The van der Waals surface area contributed by atoms with Crippen molar-refractivity contribution in [3.63, 3.8) is 0 Å². The molecular weight excluding hydrogens is 454 g/mol. The number of nitrogens with zero attached hydrogens (tertiary/aromatic N) is 2. The fourth-order valence-corrected chi connectivity index (χ4v) is 5.25. The number of nitrogens with one attached hydrogen (secondary N) is 3. The summed E-state index contributed by atoms with van der Waals surface area (Å²) in [5.41, 5.74) is 7.63. The van der Waals surface area contributed by atoms with Crippen LogP contribution in [0.1, 0.15) is 56.7 Å². The summed E-state index contributed by atoms with van der Waals surface area (Å²) in [6.45, 7) is 6.58. The van der Waals surface area contributed by atoms with Crippen LogP contribution in [0.4, 0.5) is 16.3 Å². The number of aromatic nitrogens is 2. The molecule has 2 amide bonds. The van der Waals surface area contributed by atoms with Crippen molar-refractivity contribution in [1.82, 2.24) is 15.3 Å². The zero-order chi connectivity index (χ0) is 24.6. The van der Waals surface area contributed by atoms with Crippen molar-refractivity contribution in [3.05, 3.63) is 59.9 Å². The summed E-state index contributed by atoms with van der Waals surface area (Å²) in [6, 6.07) is 14.6. The summed E-state index contributed by atoms with van der Waals surface area (Å²) in [5.74, 6) is 1.34. The van der Waals surface area contributed by atoms with Crippen LogP contribution in [0, 0.1) is 12.3 Å². The molecule has 6 nitrogen and oxygen atoms in total. The number of benzene rings is 1. The molecule has 0 spiro atoms. The van der Waals surface area contributed by atoms with E-state index in [9.17, 15) is 4.79 Å². The molecule has 0 radical (unpaired) electrons. The Labute approximate surface area is 211 Å². The summed E-state index contributed by atoms with van der Waals surface area (Å²) >= 11 is 1.52. The molecule has 2 saturated carbocycles. The van der Waals surface area contributed by atoms with Gasteiger partial charge in [-0.2, -0.15) is 0 Å². The molecule has 7 heteroatoms. The first-order valence-electron chi connectivity index (χ1n) is 12.3. The van der Waals surface area contributed by atoms with Crippen molar-refractivity contribution < 1.29 is 4.79 Å². The minimum absolute atomic E-state index is 0.139. The molecule has 3 aromatic rings. The van der Waals surface area contributed by atoms with Crippen LogP contribution in [-0.2, 0) is 0 Å². The molecule has 0 aliphatic heterocycles. The van der Waals surface area contributed by atoms with Gasteiger partial charge in [-0.1, -0.05) is 31.9 Å². The van der Waals surface area contributed by atoms with Gasteiger partial charge < -0.3 is 15.4 Å². The fraction of sp³-hybridized carbons (Fsp3) is 0.393. The zero-order valence-corrected chi connectivity index (χ0v) is 21.6. The van der Waals surface area contributed by atoms with Crippen molar-refractivity contribution >= 4 is 29.5 Å². The Balaban J connectivity index is 1.43. The van der Waals surface area contributed by atoms with E-state index in [4.69, 9.17) is 4.98 Å². The highest BCUT2D eigenvalue weighted by molar-refractivity contribution is 7.99. The lowest BCUT2D eigenvalue weighted by atomic mass is 9.68. The van der Waals surface area contributed by atoms with Crippen molar-refractivity contribution in [2.75, 3.05) is 16.3 Å². The van der Waals surface area contributed by atoms with Gasteiger partial charge in [0.1, 0.15) is 5.82 Å². The van der Waals surface area contributed by atoms with Crippen LogP contribution in [0.25, 0.3) is 22.4 Å². The van der Waals surface area contributed by atoms with Gasteiger partial charge in [0.25, 0.3) is 0 Å². The molecule has 35 heavy (non-hydrogen) atoms. The third-order valence-electron chi connectivity index (χ3n) is 6.84. The van der Waals surface area contributed by atoms with Gasteiger partial charge in [0.2, 0.25) is 0 Å². The van der Waals surface area contributed by atoms with Crippen LogP contribution in [0.15, 0.2) is 48.7 Å². The van der Waals surface area contributed by atoms with E-state index in [-0.39, 0.29) is 12.1 Å². The van der Waals surface area contributed by atoms with E-state index >= 15 is 0 Å². The Bertz CT molecular complexity index is 1250. The van der Waals surface area contributed by atoms with Crippen LogP contribution < -0.4 is 15.4 Å². The van der Waals surface area contributed by atoms with E-state index in [1.54, 1.807) is 0 Å². The molecule has 2 aliphatic carbocycles. The Kier molecular flexibility index (Phi) is 6.45. The maximum absolute atomic E-state index is 12.6. The summed E-state index contributed by atoms with van der Waals surface area (Å²) in [4.78, 5) is 22.0. The summed E-state index contributed by atoms with van der Waals surface area (Å²) in [5, 5.41) is 6.14. The third kappa shape index (κ3) is 5.61. The first kappa shape index (κ1) is 23.7. The number of hydrogen-bond acceptors (Lipinski definition) is 5. The maximum Gasteiger partial charge on any atom is 0.319 e. The number of anilines is 2. The SMILES string of the molecule is CSNc1cc(-c2cc(-c3cc(NC(=O)NC4CC(C)(C)C4)ccc3C)cc(C3CC3)n2)ccn1. The second kappa shape index (κ2) is 9.53. The molecule has 2 aliphatic rings. The number of pyridine rings is 2. The molecule has 0 bridgehead atoms. The van der Waals surface area contributed by atoms with Crippen LogP contribution in [0.3, 0.4) is 0 Å². The Hall–Kier alpha value is -3.06. The number of amides is 2. The van der Waals surface area contributed by atoms with Crippen molar-refractivity contribution in [1.29, 1.82) is 0 Å². The molecule has 2 heterocycles. The summed E-state index contributed by atoms with van der Waals surface area (Å²) < 4.78 is 3.21. The largest absolute Gasteiger partial charge is 0.335 e. The van der Waals surface area contributed by atoms with Crippen molar-refractivity contribution in [2.45, 2.75) is 58.4 Å². The monoisotopic (exact) mass is 487 g/mol. The summed E-state index contributed by atoms with van der Waals surface area (Å²) in [6.07, 6.45) is 8.21. The van der Waals surface area contributed by atoms with Gasteiger partial charge >= 0.3 is 6.03 Å². The number of aryl methyl sites for hydroxylation is 1. The predicted octanol–water partition coefficient (Wildman–Crippen LogP) is 7.00. The van der Waals surface area contributed by atoms with Crippen molar-refractivity contribution in [2.24, 2.45) is 5.41 Å². The highest BCUT2D eigenvalue weighted by Gasteiger charge is 2.36. The first-order chi connectivity index (χ1) is 16.8. The lowest BCUT2D eigenvalue weighted by Crippen LogP contribution is -2.49. The zero-order valence-electron chi connectivity index (χ0n) is 20.8. The Morgan fingerprint density at radius 3 is 2.57 bits per heavy atom. The van der Waals surface area contributed by atoms with E-state index in [1.807, 2.05) is 30.7 Å². The maximum atomic E-state index is 12.6. The quantitative estimate of drug-likeness (QED) is 0.313. The smallest absolute Gasteiger partial charge is 0.319 e. The van der Waals surface area contributed by atoms with E-state index in [1.165, 1.54) is 24.8 Å². The van der Waals surface area contributed by atoms with Gasteiger partial charge in [0.15, 0.2) is 0 Å². The molecule has 0 unspecified atom stereocenters. The van der Waals surface area contributed by atoms with Gasteiger partial charge in [-0.3, -0.25) is 4.98 Å². The van der Waals surface area contributed by atoms with Crippen LogP contribution >= 0.6 is 11.9 Å². The molecule has 2 fully saturated rings. The molecule has 182 valence electrons. The van der Waals surface area contributed by atoms with E-state index < -0.39 is 0 Å². The van der Waals surface area contributed by atoms with E-state index in [2.05, 4.69) is 65.4 Å². The summed E-state index contributed by atoms with van der Waals surface area (Å²) in [7, 11) is 0. The minimum atomic E-state index is -0.139. The second-order valence-electron chi connectivity index (χ2n) is 10.6. The lowest BCUT2D eigenvalue weighted by Gasteiger charge is -2.42. The molecule has 0 atom stereocenters. The minimum Gasteiger partial charge on any atom is -0.335 e. The Morgan fingerprint density at radius 2 is 1.86 bits per heavy atom. The van der Waals surface area contributed by atoms with Crippen LogP contribution in [0.5, 0.6) is 0 Å². The highest BCUT2D eigenvalue weighted by Crippen LogP contribution is 2.42. The first-order valence-corrected chi connectivity index (χ1v) is 13.5. The van der Waals surface area contributed by atoms with Gasteiger partial charge in [-0.15, -0.1) is 0 Å². The standard InChI is InChI=1S/C28H33N5OS/c1-17-5-8-21(30-27(34)31-22-15-28(2,3)16-22)14-23(17)20-11-24(18-6-7-18)32-25(12-20)19-9-10-29-26(13-19)33-35-4/h5,8-14,18,22H,6-7,15-16H2,1-4H3,(H,29,33)(H2,30,31,34). The van der Waals surface area contributed by atoms with Gasteiger partial charge in [-0.25, -0.2) is 9.78 Å². The average Bonchev–Trinajstić information content (AvgIpc) is 3.65. The number of carbonyl (C=O) groups is 1. The molecule has 2 aromatic heterocycles. The van der Waals surface area contributed by atoms with E-state index in [0.29, 0.717) is 11.3 Å². The Morgan fingerprint density at radius 1 is 1.06 bits per heavy atom. The molecule has 0 saturated heterocycles. The van der Waals surface area contributed by atoms with Gasteiger partial charge in [-0.05, 0) is 91.1 Å². The normalized spacial score (nSPS) is 16.9. The molecule has 1 aromatic carbocycles. The molecular formula is C28H33N5OS. The van der Waals surface area contributed by atoms with Gasteiger partial charge in [0, 0.05) is 41.4 Å². The predicted molar refractivity (Wildman–Crippen MR) is 146 cm³/mol. The van der Waals surface area contributed by atoms with Crippen LogP contribution in [-0.4, -0.2) is 28.3 Å². The van der Waals surface area contributed by atoms with Crippen LogP contribution in [0.2, 0.25) is 0 Å². The topological polar surface area (TPSA) is 78.9 Å². The number of rotatable bonds is 7. The number of urea groups is 1. The second-order valence-corrected chi connectivity index (χ2v) is 11.2. The third-order valence-corrected chi connectivity index (χ3v) is 7.26. The molecule has 3 N–H and O–H groups in total. The van der Waals surface area contributed by atoms with E-state index in [0.717, 1.165) is 58.0 Å². The number of carbonyl (C=O) groups excluding carboxylic acids is 1. The fourth-order valence-electron chi connectivity index (χ4n) is 4.93.